The maximum Gasteiger partial charge on any atom is -0.0414 e. The van der Waals surface area contributed by atoms with E-state index in [-0.39, 0.29) is 0 Å². The van der Waals surface area contributed by atoms with Crippen LogP contribution < -0.4 is 0 Å². The van der Waals surface area contributed by atoms with Gasteiger partial charge in [0.25, 0.3) is 0 Å². The van der Waals surface area contributed by atoms with E-state index in [1.165, 1.54) is 70.6 Å². The van der Waals surface area contributed by atoms with Gasteiger partial charge in [-0.25, -0.2) is 0 Å². The lowest BCUT2D eigenvalue weighted by Crippen LogP contribution is -2.04. The summed E-state index contributed by atoms with van der Waals surface area (Å²) in [7, 11) is 0. The fraction of sp³-hybridized carbons (Fsp3) is 1.00. The highest BCUT2D eigenvalue weighted by atomic mass is 14.2. The molecule has 0 heteroatoms. The molecule has 104 valence electrons. The predicted molar refractivity (Wildman–Crippen MR) is 80.5 cm³/mol. The van der Waals surface area contributed by atoms with Crippen LogP contribution in [0.15, 0.2) is 0 Å². The van der Waals surface area contributed by atoms with Gasteiger partial charge in [-0.1, -0.05) is 98.3 Å². The predicted octanol–water partition coefficient (Wildman–Crippen LogP) is 6.59. The monoisotopic (exact) mass is 240 g/mol. The average Bonchev–Trinajstić information content (AvgIpc) is 2.33. The van der Waals surface area contributed by atoms with Gasteiger partial charge < -0.3 is 0 Å². The van der Waals surface area contributed by atoms with Crippen molar-refractivity contribution in [3.8, 4) is 0 Å². The second kappa shape index (κ2) is 12.5. The molecule has 0 aliphatic carbocycles. The van der Waals surface area contributed by atoms with Crippen molar-refractivity contribution in [2.45, 2.75) is 98.3 Å². The second-order valence-corrected chi connectivity index (χ2v) is 5.98. The van der Waals surface area contributed by atoms with Gasteiger partial charge in [-0.3, -0.25) is 0 Å². The van der Waals surface area contributed by atoms with E-state index in [0.717, 1.165) is 11.8 Å². The zero-order valence-electron chi connectivity index (χ0n) is 12.9. The third-order valence-electron chi connectivity index (χ3n) is 4.03. The molecule has 0 aliphatic rings. The van der Waals surface area contributed by atoms with Crippen LogP contribution in [-0.4, -0.2) is 0 Å². The molecule has 17 heavy (non-hydrogen) atoms. The fourth-order valence-corrected chi connectivity index (χ4v) is 2.74. The van der Waals surface area contributed by atoms with Crippen LogP contribution in [0.3, 0.4) is 0 Å². The Bertz CT molecular complexity index is 139. The molecular formula is C17H36. The van der Waals surface area contributed by atoms with Gasteiger partial charge in [0, 0.05) is 0 Å². The zero-order valence-corrected chi connectivity index (χ0v) is 12.9. The summed E-state index contributed by atoms with van der Waals surface area (Å²) in [5, 5.41) is 0. The molecule has 0 aromatic heterocycles. The molecule has 0 rings (SSSR count). The van der Waals surface area contributed by atoms with Crippen LogP contribution in [0.2, 0.25) is 0 Å². The Morgan fingerprint density at radius 3 is 1.88 bits per heavy atom. The molecule has 0 N–H and O–H groups in total. The van der Waals surface area contributed by atoms with E-state index in [1.807, 2.05) is 0 Å². The highest BCUT2D eigenvalue weighted by molar-refractivity contribution is 4.62. The Balaban J connectivity index is 3.62. The first-order valence-corrected chi connectivity index (χ1v) is 8.24. The van der Waals surface area contributed by atoms with Crippen LogP contribution in [0, 0.1) is 11.8 Å². The third-order valence-corrected chi connectivity index (χ3v) is 4.03. The lowest BCUT2D eigenvalue weighted by atomic mass is 9.88. The minimum Gasteiger partial charge on any atom is -0.0654 e. The van der Waals surface area contributed by atoms with Crippen LogP contribution in [0.1, 0.15) is 98.3 Å². The average molecular weight is 240 g/mol. The molecule has 0 spiro atoms. The van der Waals surface area contributed by atoms with Gasteiger partial charge in [0.2, 0.25) is 0 Å². The molecule has 0 radical (unpaired) electrons. The minimum absolute atomic E-state index is 0.961. The molecular weight excluding hydrogens is 204 g/mol. The highest BCUT2D eigenvalue weighted by Gasteiger charge is 2.10. The Morgan fingerprint density at radius 2 is 1.29 bits per heavy atom. The number of hydrogen-bond acceptors (Lipinski definition) is 0. The standard InChI is InChI=1S/C17H36/c1-5-8-10-12-16(4)14-15-17(11-7-3)13-9-6-2/h16-17H,5-15H2,1-4H3. The van der Waals surface area contributed by atoms with Crippen LogP contribution in [0.25, 0.3) is 0 Å². The van der Waals surface area contributed by atoms with Crippen molar-refractivity contribution < 1.29 is 0 Å². The molecule has 2 unspecified atom stereocenters. The van der Waals surface area contributed by atoms with Crippen LogP contribution in [-0.2, 0) is 0 Å². The SMILES string of the molecule is CCCCCC(C)CCC(CCC)CCCC. The first-order chi connectivity index (χ1) is 8.24. The molecule has 0 aromatic carbocycles. The topological polar surface area (TPSA) is 0 Å². The molecule has 0 heterocycles. The largest absolute Gasteiger partial charge is 0.0654 e. The summed E-state index contributed by atoms with van der Waals surface area (Å²) < 4.78 is 0. The van der Waals surface area contributed by atoms with Gasteiger partial charge in [0.15, 0.2) is 0 Å². The van der Waals surface area contributed by atoms with Crippen molar-refractivity contribution in [1.29, 1.82) is 0 Å². The molecule has 0 fully saturated rings. The van der Waals surface area contributed by atoms with Crippen molar-refractivity contribution in [3.05, 3.63) is 0 Å². The number of hydrogen-bond donors (Lipinski definition) is 0. The van der Waals surface area contributed by atoms with E-state index in [2.05, 4.69) is 27.7 Å². The molecule has 0 amide bonds. The van der Waals surface area contributed by atoms with Gasteiger partial charge in [-0.15, -0.1) is 0 Å². The fourth-order valence-electron chi connectivity index (χ4n) is 2.74. The summed E-state index contributed by atoms with van der Waals surface area (Å²) in [6, 6.07) is 0. The van der Waals surface area contributed by atoms with Crippen molar-refractivity contribution >= 4 is 0 Å². The van der Waals surface area contributed by atoms with Crippen molar-refractivity contribution in [2.75, 3.05) is 0 Å². The summed E-state index contributed by atoms with van der Waals surface area (Å²) in [4.78, 5) is 0. The zero-order chi connectivity index (χ0) is 12.9. The van der Waals surface area contributed by atoms with Gasteiger partial charge >= 0.3 is 0 Å². The van der Waals surface area contributed by atoms with E-state index >= 15 is 0 Å². The summed E-state index contributed by atoms with van der Waals surface area (Å²) in [6.45, 7) is 9.41. The van der Waals surface area contributed by atoms with Crippen LogP contribution in [0.5, 0.6) is 0 Å². The normalized spacial score (nSPS) is 14.8. The van der Waals surface area contributed by atoms with Crippen molar-refractivity contribution in [2.24, 2.45) is 11.8 Å². The van der Waals surface area contributed by atoms with E-state index < -0.39 is 0 Å². The maximum absolute atomic E-state index is 2.46. The smallest absolute Gasteiger partial charge is 0.0414 e. The summed E-state index contributed by atoms with van der Waals surface area (Å²) in [5.41, 5.74) is 0. The first kappa shape index (κ1) is 17.0. The minimum atomic E-state index is 0.961. The van der Waals surface area contributed by atoms with E-state index in [4.69, 9.17) is 0 Å². The van der Waals surface area contributed by atoms with Gasteiger partial charge in [0.1, 0.15) is 0 Å². The number of unbranched alkanes of at least 4 members (excludes halogenated alkanes) is 3. The molecule has 0 aromatic rings. The Hall–Kier alpha value is 0. The molecule has 0 aliphatic heterocycles. The van der Waals surface area contributed by atoms with Crippen LogP contribution in [0.4, 0.5) is 0 Å². The molecule has 2 atom stereocenters. The Kier molecular flexibility index (Phi) is 12.5. The van der Waals surface area contributed by atoms with Gasteiger partial charge in [-0.05, 0) is 11.8 Å². The lowest BCUT2D eigenvalue weighted by Gasteiger charge is -2.18. The first-order valence-electron chi connectivity index (χ1n) is 8.24. The second-order valence-electron chi connectivity index (χ2n) is 5.98. The Morgan fingerprint density at radius 1 is 0.588 bits per heavy atom. The van der Waals surface area contributed by atoms with E-state index in [9.17, 15) is 0 Å². The molecule has 0 saturated carbocycles. The Labute approximate surface area is 111 Å². The molecule has 0 bridgehead atoms. The van der Waals surface area contributed by atoms with E-state index in [0.29, 0.717) is 0 Å². The van der Waals surface area contributed by atoms with Gasteiger partial charge in [-0.2, -0.15) is 0 Å². The van der Waals surface area contributed by atoms with Gasteiger partial charge in [0.05, 0.1) is 0 Å². The number of rotatable bonds is 12. The maximum atomic E-state index is 2.46. The molecule has 0 saturated heterocycles. The van der Waals surface area contributed by atoms with E-state index in [1.54, 1.807) is 0 Å². The lowest BCUT2D eigenvalue weighted by molar-refractivity contribution is 0.346. The molecule has 0 nitrogen and oxygen atoms in total. The third kappa shape index (κ3) is 10.9. The summed E-state index contributed by atoms with van der Waals surface area (Å²) in [5.74, 6) is 1.98. The van der Waals surface area contributed by atoms with Crippen LogP contribution >= 0.6 is 0 Å². The summed E-state index contributed by atoms with van der Waals surface area (Å²) >= 11 is 0. The summed E-state index contributed by atoms with van der Waals surface area (Å²) in [6.07, 6.45) is 15.8. The van der Waals surface area contributed by atoms with Crippen molar-refractivity contribution in [3.63, 3.8) is 0 Å². The van der Waals surface area contributed by atoms with Crippen molar-refractivity contribution in [1.82, 2.24) is 0 Å². The quantitative estimate of drug-likeness (QED) is 0.338. The highest BCUT2D eigenvalue weighted by Crippen LogP contribution is 2.24.